The van der Waals surface area contributed by atoms with Crippen molar-refractivity contribution in [1.82, 2.24) is 0 Å². The van der Waals surface area contributed by atoms with Crippen molar-refractivity contribution in [2.75, 3.05) is 13.2 Å². The standard InChI is InChI=1S/C10H14O4S/c1-3-8-7(5-10(12)15-8)14-6-9(11)13-4-2/h5,8H,3-4,6H2,1-2H3. The molecule has 0 N–H and O–H groups in total. The van der Waals surface area contributed by atoms with Crippen molar-refractivity contribution in [3.63, 3.8) is 0 Å². The Kier molecular flexibility index (Phi) is 4.68. The van der Waals surface area contributed by atoms with Gasteiger partial charge in [0.15, 0.2) is 6.61 Å². The monoisotopic (exact) mass is 230 g/mol. The number of hydrogen-bond acceptors (Lipinski definition) is 5. The lowest BCUT2D eigenvalue weighted by Gasteiger charge is -2.11. The van der Waals surface area contributed by atoms with Crippen molar-refractivity contribution in [1.29, 1.82) is 0 Å². The molecule has 1 unspecified atom stereocenters. The molecule has 15 heavy (non-hydrogen) atoms. The molecule has 0 spiro atoms. The van der Waals surface area contributed by atoms with Gasteiger partial charge in [0.25, 0.3) is 0 Å². The Labute approximate surface area is 93.0 Å². The van der Waals surface area contributed by atoms with E-state index in [0.29, 0.717) is 12.4 Å². The predicted molar refractivity (Wildman–Crippen MR) is 57.3 cm³/mol. The number of carbonyl (C=O) groups is 2. The Hall–Kier alpha value is -0.970. The van der Waals surface area contributed by atoms with E-state index in [-0.39, 0.29) is 17.0 Å². The largest absolute Gasteiger partial charge is 0.485 e. The van der Waals surface area contributed by atoms with E-state index in [1.807, 2.05) is 6.92 Å². The molecule has 5 heteroatoms. The Morgan fingerprint density at radius 1 is 1.53 bits per heavy atom. The minimum absolute atomic E-state index is 0.0132. The van der Waals surface area contributed by atoms with Gasteiger partial charge in [0, 0.05) is 6.08 Å². The lowest BCUT2D eigenvalue weighted by Crippen LogP contribution is -2.14. The zero-order chi connectivity index (χ0) is 11.3. The van der Waals surface area contributed by atoms with Gasteiger partial charge in [0.05, 0.1) is 11.9 Å². The highest BCUT2D eigenvalue weighted by Gasteiger charge is 2.26. The molecular formula is C10H14O4S. The molecule has 0 aromatic carbocycles. The number of hydrogen-bond donors (Lipinski definition) is 0. The average Bonchev–Trinajstić information content (AvgIpc) is 2.56. The first-order chi connectivity index (χ1) is 7.17. The predicted octanol–water partition coefficient (Wildman–Crippen LogP) is 1.50. The number of rotatable bonds is 5. The minimum Gasteiger partial charge on any atom is -0.485 e. The Morgan fingerprint density at radius 3 is 2.87 bits per heavy atom. The molecule has 0 bridgehead atoms. The third-order valence-corrected chi connectivity index (χ3v) is 3.07. The molecule has 1 heterocycles. The summed E-state index contributed by atoms with van der Waals surface area (Å²) in [5.41, 5.74) is 0. The lowest BCUT2D eigenvalue weighted by atomic mass is 10.3. The number of thioether (sulfide) groups is 1. The summed E-state index contributed by atoms with van der Waals surface area (Å²) in [6.45, 7) is 3.93. The van der Waals surface area contributed by atoms with Crippen LogP contribution in [0.5, 0.6) is 0 Å². The molecule has 0 saturated heterocycles. The van der Waals surface area contributed by atoms with E-state index in [2.05, 4.69) is 0 Å². The first kappa shape index (κ1) is 12.1. The molecule has 1 atom stereocenters. The fourth-order valence-corrected chi connectivity index (χ4v) is 2.09. The molecule has 1 aliphatic rings. The molecule has 1 rings (SSSR count). The number of ether oxygens (including phenoxy) is 2. The van der Waals surface area contributed by atoms with Crippen LogP contribution in [0.25, 0.3) is 0 Å². The Morgan fingerprint density at radius 2 is 2.27 bits per heavy atom. The van der Waals surface area contributed by atoms with Gasteiger partial charge in [-0.25, -0.2) is 4.79 Å². The van der Waals surface area contributed by atoms with Crippen LogP contribution >= 0.6 is 11.8 Å². The summed E-state index contributed by atoms with van der Waals surface area (Å²) in [4.78, 5) is 22.1. The summed E-state index contributed by atoms with van der Waals surface area (Å²) in [6, 6.07) is 0. The van der Waals surface area contributed by atoms with Crippen molar-refractivity contribution in [3.8, 4) is 0 Å². The van der Waals surface area contributed by atoms with Crippen LogP contribution in [-0.4, -0.2) is 29.5 Å². The fraction of sp³-hybridized carbons (Fsp3) is 0.600. The third kappa shape index (κ3) is 3.58. The van der Waals surface area contributed by atoms with Crippen LogP contribution in [0.3, 0.4) is 0 Å². The van der Waals surface area contributed by atoms with E-state index in [0.717, 1.165) is 6.42 Å². The van der Waals surface area contributed by atoms with Crippen LogP contribution in [0.15, 0.2) is 11.8 Å². The summed E-state index contributed by atoms with van der Waals surface area (Å²) in [5.74, 6) is 0.179. The summed E-state index contributed by atoms with van der Waals surface area (Å²) < 4.78 is 9.95. The maximum absolute atomic E-state index is 11.1. The van der Waals surface area contributed by atoms with Crippen LogP contribution in [0.1, 0.15) is 20.3 Å². The van der Waals surface area contributed by atoms with Crippen LogP contribution in [0.4, 0.5) is 0 Å². The second kappa shape index (κ2) is 5.80. The highest BCUT2D eigenvalue weighted by Crippen LogP contribution is 2.31. The maximum Gasteiger partial charge on any atom is 0.344 e. The van der Waals surface area contributed by atoms with Crippen molar-refractivity contribution in [2.24, 2.45) is 0 Å². The topological polar surface area (TPSA) is 52.6 Å². The molecular weight excluding hydrogens is 216 g/mol. The van der Waals surface area contributed by atoms with Crippen LogP contribution < -0.4 is 0 Å². The summed E-state index contributed by atoms with van der Waals surface area (Å²) in [7, 11) is 0. The maximum atomic E-state index is 11.1. The van der Waals surface area contributed by atoms with Crippen LogP contribution in [0.2, 0.25) is 0 Å². The number of carbonyl (C=O) groups excluding carboxylic acids is 2. The average molecular weight is 230 g/mol. The van der Waals surface area contributed by atoms with Gasteiger partial charge in [-0.1, -0.05) is 18.7 Å². The highest BCUT2D eigenvalue weighted by atomic mass is 32.2. The zero-order valence-corrected chi connectivity index (χ0v) is 9.63. The quantitative estimate of drug-likeness (QED) is 0.670. The minimum atomic E-state index is -0.405. The molecule has 0 aromatic rings. The van der Waals surface area contributed by atoms with E-state index < -0.39 is 5.97 Å². The van der Waals surface area contributed by atoms with E-state index in [9.17, 15) is 9.59 Å². The second-order valence-electron chi connectivity index (χ2n) is 2.97. The fourth-order valence-electron chi connectivity index (χ4n) is 1.21. The van der Waals surface area contributed by atoms with E-state index >= 15 is 0 Å². The molecule has 0 radical (unpaired) electrons. The van der Waals surface area contributed by atoms with E-state index in [1.54, 1.807) is 6.92 Å². The molecule has 4 nitrogen and oxygen atoms in total. The third-order valence-electron chi connectivity index (χ3n) is 1.87. The second-order valence-corrected chi connectivity index (χ2v) is 4.18. The van der Waals surface area contributed by atoms with Crippen molar-refractivity contribution in [3.05, 3.63) is 11.8 Å². The molecule has 0 aromatic heterocycles. The van der Waals surface area contributed by atoms with E-state index in [1.165, 1.54) is 17.8 Å². The first-order valence-corrected chi connectivity index (χ1v) is 5.76. The smallest absolute Gasteiger partial charge is 0.344 e. The van der Waals surface area contributed by atoms with Crippen LogP contribution in [-0.2, 0) is 19.1 Å². The van der Waals surface area contributed by atoms with Gasteiger partial charge >= 0.3 is 5.97 Å². The molecule has 0 fully saturated rings. The van der Waals surface area contributed by atoms with Crippen LogP contribution in [0, 0.1) is 0 Å². The van der Waals surface area contributed by atoms with Gasteiger partial charge in [-0.3, -0.25) is 4.79 Å². The van der Waals surface area contributed by atoms with Gasteiger partial charge < -0.3 is 9.47 Å². The van der Waals surface area contributed by atoms with Gasteiger partial charge in [0.2, 0.25) is 5.12 Å². The van der Waals surface area contributed by atoms with Crippen molar-refractivity contribution < 1.29 is 19.1 Å². The zero-order valence-electron chi connectivity index (χ0n) is 8.82. The molecule has 0 saturated carbocycles. The van der Waals surface area contributed by atoms with Gasteiger partial charge in [-0.05, 0) is 13.3 Å². The van der Waals surface area contributed by atoms with Crippen molar-refractivity contribution in [2.45, 2.75) is 25.5 Å². The van der Waals surface area contributed by atoms with Gasteiger partial charge in [-0.2, -0.15) is 0 Å². The first-order valence-electron chi connectivity index (χ1n) is 4.88. The molecule has 84 valence electrons. The van der Waals surface area contributed by atoms with Gasteiger partial charge in [-0.15, -0.1) is 0 Å². The van der Waals surface area contributed by atoms with Gasteiger partial charge in [0.1, 0.15) is 5.76 Å². The van der Waals surface area contributed by atoms with E-state index in [4.69, 9.17) is 9.47 Å². The Bertz CT molecular complexity index is 285. The molecule has 0 amide bonds. The normalized spacial score (nSPS) is 20.0. The SMILES string of the molecule is CCOC(=O)COC1=CC(=O)SC1CC. The molecule has 0 aliphatic carbocycles. The molecule has 1 aliphatic heterocycles. The number of esters is 1. The summed E-state index contributed by atoms with van der Waals surface area (Å²) in [6.07, 6.45) is 2.25. The highest BCUT2D eigenvalue weighted by molar-refractivity contribution is 8.15. The van der Waals surface area contributed by atoms with Crippen molar-refractivity contribution >= 4 is 22.8 Å². The Balaban J connectivity index is 2.40. The summed E-state index contributed by atoms with van der Waals surface area (Å²) in [5, 5.41) is 0.0348. The lowest BCUT2D eigenvalue weighted by molar-refractivity contribution is -0.147. The summed E-state index contributed by atoms with van der Waals surface area (Å²) >= 11 is 1.23.